The van der Waals surface area contributed by atoms with Gasteiger partial charge in [0.15, 0.2) is 0 Å². The van der Waals surface area contributed by atoms with E-state index in [-0.39, 0.29) is 11.8 Å². The third-order valence-corrected chi connectivity index (χ3v) is 7.74. The van der Waals surface area contributed by atoms with E-state index in [4.69, 9.17) is 0 Å². The molecule has 168 valence electrons. The van der Waals surface area contributed by atoms with Gasteiger partial charge in [-0.15, -0.1) is 0 Å². The van der Waals surface area contributed by atoms with Crippen molar-refractivity contribution in [2.75, 3.05) is 19.6 Å². The Morgan fingerprint density at radius 3 is 2.58 bits per heavy atom. The van der Waals surface area contributed by atoms with E-state index >= 15 is 0 Å². The summed E-state index contributed by atoms with van der Waals surface area (Å²) in [5, 5.41) is 3.17. The Bertz CT molecular complexity index is 956. The monoisotopic (exact) mass is 424 g/mol. The number of rotatable bonds is 8. The predicted molar refractivity (Wildman–Crippen MR) is 122 cm³/mol. The van der Waals surface area contributed by atoms with Gasteiger partial charge in [0.05, 0.1) is 0 Å². The van der Waals surface area contributed by atoms with Crippen LogP contribution in [0.1, 0.15) is 80.8 Å². The molecule has 5 rings (SSSR count). The second-order valence-electron chi connectivity index (χ2n) is 9.97. The molecule has 2 bridgehead atoms. The molecule has 0 spiro atoms. The number of aromatic nitrogens is 2. The molecule has 0 saturated heterocycles. The molecule has 0 radical (unpaired) electrons. The SMILES string of the molecule is CCCN(CCC)C(=O)c1cn2c(C(=O)NC[C@@H]3CC[C@H]4C[C@@H]3C4(C)C)cccc2n1. The van der Waals surface area contributed by atoms with Crippen LogP contribution in [-0.2, 0) is 0 Å². The van der Waals surface area contributed by atoms with Crippen LogP contribution in [0.3, 0.4) is 0 Å². The van der Waals surface area contributed by atoms with Gasteiger partial charge in [-0.2, -0.15) is 0 Å². The number of amides is 2. The Morgan fingerprint density at radius 2 is 1.94 bits per heavy atom. The van der Waals surface area contributed by atoms with Gasteiger partial charge in [-0.3, -0.25) is 14.0 Å². The van der Waals surface area contributed by atoms with Gasteiger partial charge >= 0.3 is 0 Å². The maximum absolute atomic E-state index is 13.0. The van der Waals surface area contributed by atoms with E-state index in [1.165, 1.54) is 19.3 Å². The lowest BCUT2D eigenvalue weighted by molar-refractivity contribution is -0.103. The fourth-order valence-corrected chi connectivity index (χ4v) is 5.84. The summed E-state index contributed by atoms with van der Waals surface area (Å²) in [5.41, 5.74) is 1.97. The van der Waals surface area contributed by atoms with E-state index < -0.39 is 0 Å². The van der Waals surface area contributed by atoms with Crippen molar-refractivity contribution in [3.63, 3.8) is 0 Å². The lowest BCUT2D eigenvalue weighted by Gasteiger charge is -2.60. The second kappa shape index (κ2) is 8.64. The topological polar surface area (TPSA) is 66.7 Å². The van der Waals surface area contributed by atoms with Crippen molar-refractivity contribution in [3.8, 4) is 0 Å². The fraction of sp³-hybridized carbons (Fsp3) is 0.640. The number of hydrogen-bond acceptors (Lipinski definition) is 3. The first-order valence-electron chi connectivity index (χ1n) is 11.9. The number of carbonyl (C=O) groups excluding carboxylic acids is 2. The summed E-state index contributed by atoms with van der Waals surface area (Å²) in [5.74, 6) is 1.96. The molecule has 3 aliphatic rings. The molecular formula is C25H36N4O2. The van der Waals surface area contributed by atoms with Gasteiger partial charge in [-0.05, 0) is 67.4 Å². The van der Waals surface area contributed by atoms with E-state index in [0.29, 0.717) is 47.4 Å². The van der Waals surface area contributed by atoms with Crippen LogP contribution in [0.25, 0.3) is 5.65 Å². The van der Waals surface area contributed by atoms with Gasteiger partial charge in [0.25, 0.3) is 11.8 Å². The molecule has 2 amide bonds. The van der Waals surface area contributed by atoms with E-state index in [9.17, 15) is 9.59 Å². The van der Waals surface area contributed by atoms with E-state index in [0.717, 1.165) is 25.3 Å². The van der Waals surface area contributed by atoms with Crippen LogP contribution in [0.5, 0.6) is 0 Å². The first kappa shape index (κ1) is 21.8. The maximum Gasteiger partial charge on any atom is 0.274 e. The Balaban J connectivity index is 1.49. The van der Waals surface area contributed by atoms with Gasteiger partial charge < -0.3 is 10.2 Å². The van der Waals surface area contributed by atoms with Gasteiger partial charge in [-0.25, -0.2) is 4.98 Å². The minimum atomic E-state index is -0.0970. The highest BCUT2D eigenvalue weighted by atomic mass is 16.2. The normalized spacial score (nSPS) is 23.9. The van der Waals surface area contributed by atoms with Crippen molar-refractivity contribution >= 4 is 17.5 Å². The smallest absolute Gasteiger partial charge is 0.274 e. The van der Waals surface area contributed by atoms with Crippen molar-refractivity contribution in [1.82, 2.24) is 19.6 Å². The maximum atomic E-state index is 13.0. The highest BCUT2D eigenvalue weighted by Gasteiger charge is 2.53. The Morgan fingerprint density at radius 1 is 1.19 bits per heavy atom. The summed E-state index contributed by atoms with van der Waals surface area (Å²) in [7, 11) is 0. The number of pyridine rings is 1. The van der Waals surface area contributed by atoms with Crippen molar-refractivity contribution < 1.29 is 9.59 Å². The average molecular weight is 425 g/mol. The highest BCUT2D eigenvalue weighted by Crippen LogP contribution is 2.61. The van der Waals surface area contributed by atoms with Crippen LogP contribution < -0.4 is 5.32 Å². The molecule has 3 saturated carbocycles. The number of nitrogens with zero attached hydrogens (tertiary/aromatic N) is 3. The average Bonchev–Trinajstić information content (AvgIpc) is 3.21. The lowest BCUT2D eigenvalue weighted by Crippen LogP contribution is -2.54. The summed E-state index contributed by atoms with van der Waals surface area (Å²) >= 11 is 0. The molecule has 1 N–H and O–H groups in total. The number of hydrogen-bond donors (Lipinski definition) is 1. The third-order valence-electron chi connectivity index (χ3n) is 7.74. The van der Waals surface area contributed by atoms with E-state index in [2.05, 4.69) is 38.0 Å². The molecule has 0 aromatic carbocycles. The standard InChI is InChI=1S/C25H36N4O2/c1-5-12-28(13-6-2)24(31)20-16-29-21(8-7-9-22(29)27-20)23(30)26-15-17-10-11-18-14-19(17)25(18,3)4/h7-9,16-19H,5-6,10-15H2,1-4H3,(H,26,30)/t17-,18-,19-/m0/s1. The molecule has 3 atom stereocenters. The van der Waals surface area contributed by atoms with Crippen LogP contribution >= 0.6 is 0 Å². The van der Waals surface area contributed by atoms with Crippen LogP contribution in [0.4, 0.5) is 0 Å². The number of carbonyl (C=O) groups is 2. The van der Waals surface area contributed by atoms with Crippen molar-refractivity contribution in [2.45, 2.75) is 59.8 Å². The number of fused-ring (bicyclic) bond motifs is 3. The molecule has 2 heterocycles. The second-order valence-corrected chi connectivity index (χ2v) is 9.97. The largest absolute Gasteiger partial charge is 0.350 e. The fourth-order valence-electron chi connectivity index (χ4n) is 5.84. The van der Waals surface area contributed by atoms with Gasteiger partial charge in [0, 0.05) is 25.8 Å². The summed E-state index contributed by atoms with van der Waals surface area (Å²) in [6.07, 6.45) is 7.32. The highest BCUT2D eigenvalue weighted by molar-refractivity contribution is 5.95. The van der Waals surface area contributed by atoms with Gasteiger partial charge in [0.1, 0.15) is 17.0 Å². The first-order chi connectivity index (χ1) is 14.9. The summed E-state index contributed by atoms with van der Waals surface area (Å²) in [6.45, 7) is 11.0. The molecule has 6 heteroatoms. The number of imidazole rings is 1. The summed E-state index contributed by atoms with van der Waals surface area (Å²) < 4.78 is 1.75. The Hall–Kier alpha value is -2.37. The Kier molecular flexibility index (Phi) is 6.09. The quantitative estimate of drug-likeness (QED) is 0.683. The van der Waals surface area contributed by atoms with E-state index in [1.807, 2.05) is 17.0 Å². The third kappa shape index (κ3) is 3.97. The molecule has 6 nitrogen and oxygen atoms in total. The Labute approximate surface area is 185 Å². The molecule has 3 fully saturated rings. The van der Waals surface area contributed by atoms with Gasteiger partial charge in [-0.1, -0.05) is 33.8 Å². The zero-order valence-corrected chi connectivity index (χ0v) is 19.4. The van der Waals surface area contributed by atoms with Crippen LogP contribution in [-0.4, -0.2) is 45.7 Å². The van der Waals surface area contributed by atoms with Crippen LogP contribution in [0.2, 0.25) is 0 Å². The van der Waals surface area contributed by atoms with Crippen LogP contribution in [0, 0.1) is 23.2 Å². The summed E-state index contributed by atoms with van der Waals surface area (Å²) in [4.78, 5) is 32.4. The molecular weight excluding hydrogens is 388 g/mol. The van der Waals surface area contributed by atoms with Crippen molar-refractivity contribution in [3.05, 3.63) is 35.8 Å². The van der Waals surface area contributed by atoms with Gasteiger partial charge in [0.2, 0.25) is 0 Å². The molecule has 3 aliphatic carbocycles. The molecule has 2 aromatic rings. The van der Waals surface area contributed by atoms with Crippen molar-refractivity contribution in [1.29, 1.82) is 0 Å². The minimum absolute atomic E-state index is 0.0669. The number of nitrogens with one attached hydrogen (secondary N) is 1. The first-order valence-corrected chi connectivity index (χ1v) is 11.9. The molecule has 0 aliphatic heterocycles. The summed E-state index contributed by atoms with van der Waals surface area (Å²) in [6, 6.07) is 5.48. The zero-order valence-electron chi connectivity index (χ0n) is 19.4. The molecule has 2 aromatic heterocycles. The van der Waals surface area contributed by atoms with E-state index in [1.54, 1.807) is 16.7 Å². The molecule has 31 heavy (non-hydrogen) atoms. The van der Waals surface area contributed by atoms with Crippen LogP contribution in [0.15, 0.2) is 24.4 Å². The predicted octanol–water partition coefficient (Wildman–Crippen LogP) is 4.40. The lowest BCUT2D eigenvalue weighted by atomic mass is 9.45. The molecule has 0 unspecified atom stereocenters. The zero-order chi connectivity index (χ0) is 22.2. The minimum Gasteiger partial charge on any atom is -0.350 e. The van der Waals surface area contributed by atoms with Crippen molar-refractivity contribution in [2.24, 2.45) is 23.2 Å².